The van der Waals surface area contributed by atoms with Gasteiger partial charge in [-0.25, -0.2) is 0 Å². The van der Waals surface area contributed by atoms with E-state index < -0.39 is 6.10 Å². The number of aliphatic hydroxyl groups excluding tert-OH is 2. The Morgan fingerprint density at radius 1 is 1.31 bits per heavy atom. The van der Waals surface area contributed by atoms with E-state index >= 15 is 0 Å². The van der Waals surface area contributed by atoms with Gasteiger partial charge in [-0.2, -0.15) is 0 Å². The predicted octanol–water partition coefficient (Wildman–Crippen LogP) is 1.82. The summed E-state index contributed by atoms with van der Waals surface area (Å²) in [6.07, 6.45) is 3.11. The fourth-order valence-corrected chi connectivity index (χ4v) is 2.59. The quantitative estimate of drug-likeness (QED) is 0.757. The van der Waals surface area contributed by atoms with Crippen LogP contribution in [0.5, 0.6) is 0 Å². The van der Waals surface area contributed by atoms with Crippen LogP contribution in [0.3, 0.4) is 0 Å². The lowest BCUT2D eigenvalue weighted by Gasteiger charge is -2.37. The second kappa shape index (κ2) is 6.58. The number of ether oxygens (including phenoxy) is 1. The second-order valence-corrected chi connectivity index (χ2v) is 5.53. The Morgan fingerprint density at radius 3 is 2.56 bits per heavy atom. The van der Waals surface area contributed by atoms with E-state index in [1.165, 1.54) is 12.8 Å². The molecule has 4 atom stereocenters. The third kappa shape index (κ3) is 4.04. The first-order chi connectivity index (χ1) is 7.54. The number of aliphatic hydroxyl groups is 2. The minimum Gasteiger partial charge on any atom is -0.394 e. The van der Waals surface area contributed by atoms with E-state index in [0.717, 1.165) is 6.42 Å². The van der Waals surface area contributed by atoms with Crippen LogP contribution in [0.15, 0.2) is 0 Å². The standard InChI is InChI=1S/C13H26O3/c1-9(2)12-5-4-10(3)6-13(12)16-8-11(15)7-14/h9-15H,4-8H2,1-3H3/t10?,11?,12?,13-/m1/s1. The highest BCUT2D eigenvalue weighted by Gasteiger charge is 2.31. The lowest BCUT2D eigenvalue weighted by Crippen LogP contribution is -2.36. The molecule has 3 nitrogen and oxygen atoms in total. The van der Waals surface area contributed by atoms with Crippen molar-refractivity contribution in [1.82, 2.24) is 0 Å². The number of hydrogen-bond acceptors (Lipinski definition) is 3. The van der Waals surface area contributed by atoms with Gasteiger partial charge in [0.1, 0.15) is 6.10 Å². The molecule has 1 aliphatic carbocycles. The van der Waals surface area contributed by atoms with E-state index in [-0.39, 0.29) is 19.3 Å². The predicted molar refractivity (Wildman–Crippen MR) is 64.2 cm³/mol. The summed E-state index contributed by atoms with van der Waals surface area (Å²) in [6, 6.07) is 0. The van der Waals surface area contributed by atoms with Gasteiger partial charge in [0.15, 0.2) is 0 Å². The van der Waals surface area contributed by atoms with Crippen molar-refractivity contribution in [2.75, 3.05) is 13.2 Å². The van der Waals surface area contributed by atoms with Gasteiger partial charge in [0.05, 0.1) is 19.3 Å². The fourth-order valence-electron chi connectivity index (χ4n) is 2.59. The molecule has 96 valence electrons. The van der Waals surface area contributed by atoms with Gasteiger partial charge < -0.3 is 14.9 Å². The molecule has 0 radical (unpaired) electrons. The van der Waals surface area contributed by atoms with Crippen LogP contribution in [-0.4, -0.2) is 35.6 Å². The van der Waals surface area contributed by atoms with E-state index in [4.69, 9.17) is 9.84 Å². The van der Waals surface area contributed by atoms with Gasteiger partial charge in [0.25, 0.3) is 0 Å². The maximum atomic E-state index is 9.30. The van der Waals surface area contributed by atoms with Crippen LogP contribution >= 0.6 is 0 Å². The molecule has 0 aromatic rings. The van der Waals surface area contributed by atoms with Crippen molar-refractivity contribution in [3.63, 3.8) is 0 Å². The van der Waals surface area contributed by atoms with Crippen molar-refractivity contribution in [2.24, 2.45) is 17.8 Å². The summed E-state index contributed by atoms with van der Waals surface area (Å²) in [5.41, 5.74) is 0. The van der Waals surface area contributed by atoms with Crippen molar-refractivity contribution in [1.29, 1.82) is 0 Å². The average molecular weight is 230 g/mol. The summed E-state index contributed by atoms with van der Waals surface area (Å²) in [4.78, 5) is 0. The van der Waals surface area contributed by atoms with Crippen molar-refractivity contribution >= 4 is 0 Å². The smallest absolute Gasteiger partial charge is 0.100 e. The maximum absolute atomic E-state index is 9.30. The van der Waals surface area contributed by atoms with Crippen molar-refractivity contribution in [3.8, 4) is 0 Å². The zero-order valence-electron chi connectivity index (χ0n) is 10.7. The molecule has 3 unspecified atom stereocenters. The lowest BCUT2D eigenvalue weighted by molar-refractivity contribution is -0.0776. The van der Waals surface area contributed by atoms with E-state index in [0.29, 0.717) is 17.8 Å². The Morgan fingerprint density at radius 2 is 2.00 bits per heavy atom. The fraction of sp³-hybridized carbons (Fsp3) is 1.00. The van der Waals surface area contributed by atoms with Crippen molar-refractivity contribution in [3.05, 3.63) is 0 Å². The van der Waals surface area contributed by atoms with E-state index in [1.807, 2.05) is 0 Å². The normalized spacial score (nSPS) is 33.0. The van der Waals surface area contributed by atoms with E-state index in [9.17, 15) is 5.11 Å². The molecule has 0 aromatic carbocycles. The Kier molecular flexibility index (Phi) is 5.73. The minimum absolute atomic E-state index is 0.214. The van der Waals surface area contributed by atoms with Crippen LogP contribution in [0.1, 0.15) is 40.0 Å². The summed E-state index contributed by atoms with van der Waals surface area (Å²) < 4.78 is 5.77. The highest BCUT2D eigenvalue weighted by molar-refractivity contribution is 4.81. The van der Waals surface area contributed by atoms with Gasteiger partial charge in [0.2, 0.25) is 0 Å². The van der Waals surface area contributed by atoms with Crippen molar-refractivity contribution in [2.45, 2.75) is 52.2 Å². The third-order valence-corrected chi connectivity index (χ3v) is 3.67. The molecule has 3 heteroatoms. The van der Waals surface area contributed by atoms with Gasteiger partial charge in [-0.05, 0) is 30.6 Å². The number of rotatable bonds is 5. The van der Waals surface area contributed by atoms with Gasteiger partial charge in [-0.3, -0.25) is 0 Å². The first-order valence-electron chi connectivity index (χ1n) is 6.45. The molecule has 0 spiro atoms. The molecule has 0 aromatic heterocycles. The highest BCUT2D eigenvalue weighted by Crippen LogP contribution is 2.35. The highest BCUT2D eigenvalue weighted by atomic mass is 16.5. The summed E-state index contributed by atoms with van der Waals surface area (Å²) in [5, 5.41) is 18.1. The third-order valence-electron chi connectivity index (χ3n) is 3.67. The molecule has 0 bridgehead atoms. The van der Waals surface area contributed by atoms with Crippen LogP contribution in [0.4, 0.5) is 0 Å². The monoisotopic (exact) mass is 230 g/mol. The van der Waals surface area contributed by atoms with Gasteiger partial charge in [-0.15, -0.1) is 0 Å². The average Bonchev–Trinajstić information content (AvgIpc) is 2.25. The Bertz CT molecular complexity index is 194. The molecule has 16 heavy (non-hydrogen) atoms. The largest absolute Gasteiger partial charge is 0.394 e. The molecule has 0 saturated heterocycles. The van der Waals surface area contributed by atoms with Crippen LogP contribution in [0.25, 0.3) is 0 Å². The molecule has 1 rings (SSSR count). The molecule has 1 fully saturated rings. The molecule has 2 N–H and O–H groups in total. The van der Waals surface area contributed by atoms with Crippen LogP contribution < -0.4 is 0 Å². The molecule has 0 amide bonds. The Hall–Kier alpha value is -0.120. The molecule has 0 heterocycles. The molecule has 1 aliphatic rings. The SMILES string of the molecule is CC1CCC(C(C)C)[C@H](OCC(O)CO)C1. The summed E-state index contributed by atoms with van der Waals surface area (Å²) in [5.74, 6) is 1.94. The first kappa shape index (κ1) is 13.9. The van der Waals surface area contributed by atoms with Gasteiger partial charge in [-0.1, -0.05) is 27.2 Å². The van der Waals surface area contributed by atoms with Crippen LogP contribution in [-0.2, 0) is 4.74 Å². The zero-order chi connectivity index (χ0) is 12.1. The summed E-state index contributed by atoms with van der Waals surface area (Å²) in [7, 11) is 0. The summed E-state index contributed by atoms with van der Waals surface area (Å²) >= 11 is 0. The summed E-state index contributed by atoms with van der Waals surface area (Å²) in [6.45, 7) is 6.78. The van der Waals surface area contributed by atoms with Crippen LogP contribution in [0, 0.1) is 17.8 Å². The topological polar surface area (TPSA) is 49.7 Å². The Balaban J connectivity index is 2.44. The van der Waals surface area contributed by atoms with E-state index in [1.54, 1.807) is 0 Å². The Labute approximate surface area is 98.8 Å². The van der Waals surface area contributed by atoms with Crippen LogP contribution in [0.2, 0.25) is 0 Å². The van der Waals surface area contributed by atoms with Crippen molar-refractivity contribution < 1.29 is 14.9 Å². The van der Waals surface area contributed by atoms with E-state index in [2.05, 4.69) is 20.8 Å². The molecule has 0 aliphatic heterocycles. The molecular weight excluding hydrogens is 204 g/mol. The first-order valence-corrected chi connectivity index (χ1v) is 6.45. The minimum atomic E-state index is -0.731. The van der Waals surface area contributed by atoms with Gasteiger partial charge in [0, 0.05) is 0 Å². The second-order valence-electron chi connectivity index (χ2n) is 5.53. The van der Waals surface area contributed by atoms with Gasteiger partial charge >= 0.3 is 0 Å². The number of hydrogen-bond donors (Lipinski definition) is 2. The zero-order valence-corrected chi connectivity index (χ0v) is 10.7. The molecular formula is C13H26O3. The maximum Gasteiger partial charge on any atom is 0.100 e. The molecule has 1 saturated carbocycles. The lowest BCUT2D eigenvalue weighted by atomic mass is 9.75.